The summed E-state index contributed by atoms with van der Waals surface area (Å²) < 4.78 is 11.5. The molecule has 1 heterocycles. The lowest BCUT2D eigenvalue weighted by Crippen LogP contribution is -2.34. The van der Waals surface area contributed by atoms with Crippen molar-refractivity contribution in [2.24, 2.45) is 5.92 Å². The number of methoxy groups -OCH3 is 1. The van der Waals surface area contributed by atoms with Gasteiger partial charge < -0.3 is 19.5 Å². The average molecular weight is 467 g/mol. The monoisotopic (exact) mass is 466 g/mol. The van der Waals surface area contributed by atoms with Gasteiger partial charge in [-0.15, -0.1) is 11.3 Å². The van der Waals surface area contributed by atoms with Gasteiger partial charge in [0.05, 0.1) is 19.4 Å². The molecule has 0 aliphatic heterocycles. The van der Waals surface area contributed by atoms with Crippen LogP contribution in [0.4, 0.5) is 0 Å². The van der Waals surface area contributed by atoms with Crippen LogP contribution in [0.5, 0.6) is 11.5 Å². The van der Waals surface area contributed by atoms with Gasteiger partial charge >= 0.3 is 0 Å². The van der Waals surface area contributed by atoms with Gasteiger partial charge in [0, 0.05) is 24.4 Å². The van der Waals surface area contributed by atoms with Gasteiger partial charge in [-0.25, -0.2) is 4.98 Å². The van der Waals surface area contributed by atoms with E-state index < -0.39 is 0 Å². The van der Waals surface area contributed by atoms with Gasteiger partial charge in [0.1, 0.15) is 11.6 Å². The summed E-state index contributed by atoms with van der Waals surface area (Å²) in [6.07, 6.45) is 4.21. The third kappa shape index (κ3) is 6.12. The van der Waals surface area contributed by atoms with Gasteiger partial charge in [-0.2, -0.15) is 0 Å². The van der Waals surface area contributed by atoms with E-state index in [1.807, 2.05) is 46.7 Å². The molecule has 0 saturated heterocycles. The van der Waals surface area contributed by atoms with Crippen LogP contribution in [0.3, 0.4) is 0 Å². The van der Waals surface area contributed by atoms with Crippen LogP contribution >= 0.6 is 11.3 Å². The fourth-order valence-corrected chi connectivity index (χ4v) is 4.92. The Labute approximate surface area is 198 Å². The predicted molar refractivity (Wildman–Crippen MR) is 128 cm³/mol. The number of aromatic nitrogens is 1. The Morgan fingerprint density at radius 2 is 1.85 bits per heavy atom. The quantitative estimate of drug-likeness (QED) is 0.458. The molecule has 33 heavy (non-hydrogen) atoms. The van der Waals surface area contributed by atoms with Crippen LogP contribution in [0.2, 0.25) is 0 Å². The van der Waals surface area contributed by atoms with E-state index in [1.165, 1.54) is 11.3 Å². The molecule has 0 bridgehead atoms. The molecule has 0 atom stereocenters. The van der Waals surface area contributed by atoms with E-state index in [1.54, 1.807) is 7.11 Å². The van der Waals surface area contributed by atoms with E-state index in [-0.39, 0.29) is 18.4 Å². The first-order valence-corrected chi connectivity index (χ1v) is 12.2. The molecule has 4 rings (SSSR count). The molecule has 1 N–H and O–H groups in total. The lowest BCUT2D eigenvalue weighted by Gasteiger charge is -2.26. The Hall–Kier alpha value is -2.90. The molecule has 6 nitrogen and oxygen atoms in total. The van der Waals surface area contributed by atoms with Crippen LogP contribution < -0.4 is 9.47 Å². The number of hydrogen-bond donors (Lipinski definition) is 1. The molecule has 1 fully saturated rings. The fourth-order valence-electron chi connectivity index (χ4n) is 4.23. The SMILES string of the molecule is COc1ccc(CN(Cc2ccccc2)C(=O)C2CCCC2)cc1OCc1nc(CO)cs1. The van der Waals surface area contributed by atoms with Crippen molar-refractivity contribution < 1.29 is 19.4 Å². The highest BCUT2D eigenvalue weighted by Gasteiger charge is 2.27. The summed E-state index contributed by atoms with van der Waals surface area (Å²) in [5.74, 6) is 1.60. The molecular formula is C26H30N2O4S. The second-order valence-corrected chi connectivity index (χ2v) is 9.27. The summed E-state index contributed by atoms with van der Waals surface area (Å²) in [7, 11) is 1.61. The van der Waals surface area contributed by atoms with E-state index in [0.29, 0.717) is 36.9 Å². The minimum absolute atomic E-state index is 0.0818. The number of amides is 1. The average Bonchev–Trinajstić information content (AvgIpc) is 3.55. The standard InChI is InChI=1S/C26H30N2O4S/c1-31-23-12-11-20(13-24(23)32-17-25-27-22(16-29)18-33-25)15-28(14-19-7-3-2-4-8-19)26(30)21-9-5-6-10-21/h2-4,7-8,11-13,18,21,29H,5-6,9-10,14-17H2,1H3. The molecule has 1 aliphatic carbocycles. The second kappa shape index (κ2) is 11.3. The summed E-state index contributed by atoms with van der Waals surface area (Å²) in [6, 6.07) is 15.9. The lowest BCUT2D eigenvalue weighted by atomic mass is 10.0. The van der Waals surface area contributed by atoms with E-state index in [2.05, 4.69) is 17.1 Å². The van der Waals surface area contributed by atoms with E-state index in [4.69, 9.17) is 9.47 Å². The number of ether oxygens (including phenoxy) is 2. The molecule has 7 heteroatoms. The van der Waals surface area contributed by atoms with Gasteiger partial charge in [0.15, 0.2) is 11.5 Å². The summed E-state index contributed by atoms with van der Waals surface area (Å²) in [5, 5.41) is 11.8. The highest BCUT2D eigenvalue weighted by Crippen LogP contribution is 2.31. The zero-order valence-electron chi connectivity index (χ0n) is 18.9. The molecule has 174 valence electrons. The third-order valence-electron chi connectivity index (χ3n) is 5.95. The minimum atomic E-state index is -0.0818. The highest BCUT2D eigenvalue weighted by atomic mass is 32.1. The summed E-state index contributed by atoms with van der Waals surface area (Å²) in [6.45, 7) is 1.30. The second-order valence-electron chi connectivity index (χ2n) is 8.33. The van der Waals surface area contributed by atoms with Crippen molar-refractivity contribution >= 4 is 17.2 Å². The Bertz CT molecular complexity index is 1050. The zero-order valence-corrected chi connectivity index (χ0v) is 19.7. The molecule has 0 unspecified atom stereocenters. The van der Waals surface area contributed by atoms with Crippen molar-refractivity contribution in [2.45, 2.75) is 52.0 Å². The molecule has 1 amide bonds. The van der Waals surface area contributed by atoms with Crippen molar-refractivity contribution in [3.63, 3.8) is 0 Å². The maximum absolute atomic E-state index is 13.3. The van der Waals surface area contributed by atoms with Crippen LogP contribution in [0, 0.1) is 5.92 Å². The van der Waals surface area contributed by atoms with Crippen molar-refractivity contribution in [3.05, 3.63) is 75.7 Å². The third-order valence-corrected chi connectivity index (χ3v) is 6.82. The van der Waals surface area contributed by atoms with Gasteiger partial charge in [-0.05, 0) is 36.1 Å². The Morgan fingerprint density at radius 1 is 1.09 bits per heavy atom. The topological polar surface area (TPSA) is 71.9 Å². The molecule has 1 saturated carbocycles. The van der Waals surface area contributed by atoms with Crippen LogP contribution in [-0.2, 0) is 31.1 Å². The van der Waals surface area contributed by atoms with Crippen LogP contribution in [-0.4, -0.2) is 28.0 Å². The number of hydrogen-bond acceptors (Lipinski definition) is 6. The normalized spacial score (nSPS) is 13.8. The van der Waals surface area contributed by atoms with E-state index in [0.717, 1.165) is 41.8 Å². The predicted octanol–water partition coefficient (Wildman–Crippen LogP) is 4.94. The Kier molecular flexibility index (Phi) is 7.96. The highest BCUT2D eigenvalue weighted by molar-refractivity contribution is 7.09. The Morgan fingerprint density at radius 3 is 2.55 bits per heavy atom. The number of rotatable bonds is 10. The van der Waals surface area contributed by atoms with Gasteiger partial charge in [0.25, 0.3) is 0 Å². The number of aliphatic hydroxyl groups excluding tert-OH is 1. The number of carbonyl (C=O) groups excluding carboxylic acids is 1. The largest absolute Gasteiger partial charge is 0.493 e. The molecule has 3 aromatic rings. The molecule has 0 spiro atoms. The molecule has 0 radical (unpaired) electrons. The number of nitrogens with zero attached hydrogens (tertiary/aromatic N) is 2. The zero-order chi connectivity index (χ0) is 23.0. The first-order valence-electron chi connectivity index (χ1n) is 11.3. The number of benzene rings is 2. The number of thiazole rings is 1. The first kappa shape index (κ1) is 23.3. The van der Waals surface area contributed by atoms with Gasteiger partial charge in [-0.1, -0.05) is 49.2 Å². The van der Waals surface area contributed by atoms with E-state index in [9.17, 15) is 9.90 Å². The van der Waals surface area contributed by atoms with Crippen LogP contribution in [0.15, 0.2) is 53.9 Å². The smallest absolute Gasteiger partial charge is 0.226 e. The number of carbonyl (C=O) groups is 1. The van der Waals surface area contributed by atoms with Crippen molar-refractivity contribution in [2.75, 3.05) is 7.11 Å². The Balaban J connectivity index is 1.51. The molecule has 2 aromatic carbocycles. The minimum Gasteiger partial charge on any atom is -0.493 e. The van der Waals surface area contributed by atoms with E-state index >= 15 is 0 Å². The maximum Gasteiger partial charge on any atom is 0.226 e. The maximum atomic E-state index is 13.3. The summed E-state index contributed by atoms with van der Waals surface area (Å²) >= 11 is 1.45. The summed E-state index contributed by atoms with van der Waals surface area (Å²) in [5.41, 5.74) is 2.75. The van der Waals surface area contributed by atoms with Crippen LogP contribution in [0.25, 0.3) is 0 Å². The van der Waals surface area contributed by atoms with Crippen LogP contribution in [0.1, 0.15) is 47.5 Å². The van der Waals surface area contributed by atoms with Crippen molar-refractivity contribution in [1.29, 1.82) is 0 Å². The molecule has 1 aliphatic rings. The lowest BCUT2D eigenvalue weighted by molar-refractivity contribution is -0.136. The summed E-state index contributed by atoms with van der Waals surface area (Å²) in [4.78, 5) is 19.6. The molecular weight excluding hydrogens is 436 g/mol. The van der Waals surface area contributed by atoms with Gasteiger partial charge in [-0.3, -0.25) is 4.79 Å². The van der Waals surface area contributed by atoms with Crippen molar-refractivity contribution in [3.8, 4) is 11.5 Å². The number of aliphatic hydroxyl groups is 1. The first-order chi connectivity index (χ1) is 16.2. The molecule has 1 aromatic heterocycles. The van der Waals surface area contributed by atoms with Gasteiger partial charge in [0.2, 0.25) is 5.91 Å². The fraction of sp³-hybridized carbons (Fsp3) is 0.385. The van der Waals surface area contributed by atoms with Crippen molar-refractivity contribution in [1.82, 2.24) is 9.88 Å².